The van der Waals surface area contributed by atoms with E-state index < -0.39 is 0 Å². The van der Waals surface area contributed by atoms with Crippen LogP contribution in [0.1, 0.15) is 268 Å². The molecular formula is C58H134N6O2. The molecule has 8 nitrogen and oxygen atoms in total. The zero-order valence-electron chi connectivity index (χ0n) is 49.5. The third kappa shape index (κ3) is 43.7. The van der Waals surface area contributed by atoms with Crippen molar-refractivity contribution in [3.63, 3.8) is 0 Å². The highest BCUT2D eigenvalue weighted by Gasteiger charge is 2.30. The molecule has 0 radical (unpaired) electrons. The molecule has 8 heteroatoms. The van der Waals surface area contributed by atoms with Gasteiger partial charge in [-0.05, 0) is 149 Å². The fourth-order valence-electron chi connectivity index (χ4n) is 10.8. The lowest BCUT2D eigenvalue weighted by Gasteiger charge is -2.34. The fourth-order valence-corrected chi connectivity index (χ4v) is 10.8. The summed E-state index contributed by atoms with van der Waals surface area (Å²) in [4.78, 5) is 0. The lowest BCUT2D eigenvalue weighted by Crippen LogP contribution is -2.44. The molecule has 6 saturated carbocycles. The largest absolute Gasteiger partial charge is 0.391 e. The van der Waals surface area contributed by atoms with Gasteiger partial charge < -0.3 is 44.6 Å². The molecule has 0 amide bonds. The quantitative estimate of drug-likeness (QED) is 0.117. The Kier molecular flexibility index (Phi) is 59.7. The first-order valence-electron chi connectivity index (χ1n) is 29.1. The van der Waals surface area contributed by atoms with E-state index >= 15 is 0 Å². The van der Waals surface area contributed by atoms with Crippen LogP contribution >= 0.6 is 0 Å². The van der Waals surface area contributed by atoms with Crippen molar-refractivity contribution in [3.8, 4) is 0 Å². The van der Waals surface area contributed by atoms with Gasteiger partial charge in [0.15, 0.2) is 0 Å². The van der Waals surface area contributed by atoms with Crippen LogP contribution in [0.4, 0.5) is 0 Å². The normalized spacial score (nSPS) is 37.4. The van der Waals surface area contributed by atoms with E-state index in [1.54, 1.807) is 0 Å². The smallest absolute Gasteiger partial charge is 0.0716 e. The zero-order valence-corrected chi connectivity index (χ0v) is 49.5. The molecule has 0 aromatic rings. The molecule has 1 unspecified atom stereocenters. The first-order chi connectivity index (χ1) is 31.2. The van der Waals surface area contributed by atoms with Crippen LogP contribution in [0, 0.1) is 59.2 Å². The van der Waals surface area contributed by atoms with Crippen LogP contribution in [0.15, 0.2) is 0 Å². The van der Waals surface area contributed by atoms with Gasteiger partial charge in [-0.25, -0.2) is 0 Å². The van der Waals surface area contributed by atoms with Gasteiger partial charge in [0.05, 0.1) is 12.2 Å². The van der Waals surface area contributed by atoms with E-state index in [2.05, 4.69) is 69.2 Å². The van der Waals surface area contributed by atoms with Crippen molar-refractivity contribution in [1.82, 2.24) is 0 Å². The maximum Gasteiger partial charge on any atom is 0.0716 e. The van der Waals surface area contributed by atoms with Crippen molar-refractivity contribution in [3.05, 3.63) is 0 Å². The van der Waals surface area contributed by atoms with Gasteiger partial charge in [0.25, 0.3) is 0 Å². The number of aliphatic hydroxyl groups is 2. The highest BCUT2D eigenvalue weighted by molar-refractivity contribution is 4.86. The second-order valence-electron chi connectivity index (χ2n) is 20.8. The van der Waals surface area contributed by atoms with E-state index in [0.717, 1.165) is 61.2 Å². The number of hydrogen-bond donors (Lipinski definition) is 8. The summed E-state index contributed by atoms with van der Waals surface area (Å²) < 4.78 is 0. The Bertz CT molecular complexity index is 768. The second kappa shape index (κ2) is 51.0. The van der Waals surface area contributed by atoms with Gasteiger partial charge in [0.2, 0.25) is 0 Å². The Labute approximate surface area is 418 Å². The van der Waals surface area contributed by atoms with Crippen molar-refractivity contribution >= 4 is 0 Å². The van der Waals surface area contributed by atoms with E-state index in [4.69, 9.17) is 34.4 Å². The summed E-state index contributed by atoms with van der Waals surface area (Å²) in [5, 5.41) is 18.9. The van der Waals surface area contributed by atoms with Crippen molar-refractivity contribution < 1.29 is 10.2 Å². The topological polar surface area (TPSA) is 197 Å². The lowest BCUT2D eigenvalue weighted by molar-refractivity contribution is 0.0419. The molecular weight excluding hydrogens is 813 g/mol. The van der Waals surface area contributed by atoms with Crippen molar-refractivity contribution in [2.45, 2.75) is 316 Å². The Morgan fingerprint density at radius 2 is 0.470 bits per heavy atom. The minimum absolute atomic E-state index is 0.0127. The van der Waals surface area contributed by atoms with Crippen LogP contribution in [0.3, 0.4) is 0 Å². The number of nitrogens with two attached hydrogens (primary N) is 6. The standard InChI is InChI=1S/2C8H17NO.2C8H17N.2C7H15N.6C2H6/c2*1-5-3-6(2)8(10)7(9)4-5;2*1-6-3-7(2)5-8(9)4-6;2*1-6-3-2-4-7(8)5-6;6*1-2/h2*5-8,10H,3-4,9H2,1-2H3;2*6-8H,3-5,9H2,1-2H3;2*6-7H,2-5,8H2,1H3;6*1-2H3/t5-,6+,7-,8-;5-,6-,7+,8+;6-,7+,8?;6-,7-;6-,7+;6-,7-;;;;;;/m10.010....../s1. The van der Waals surface area contributed by atoms with Gasteiger partial charge in [-0.3, -0.25) is 0 Å². The van der Waals surface area contributed by atoms with Crippen LogP contribution < -0.4 is 34.4 Å². The lowest BCUT2D eigenvalue weighted by atomic mass is 9.79. The maximum absolute atomic E-state index is 9.44. The highest BCUT2D eigenvalue weighted by Crippen LogP contribution is 2.30. The van der Waals surface area contributed by atoms with Crippen molar-refractivity contribution in [1.29, 1.82) is 0 Å². The van der Waals surface area contributed by atoms with Gasteiger partial charge in [-0.2, -0.15) is 0 Å². The van der Waals surface area contributed by atoms with Crippen molar-refractivity contribution in [2.24, 2.45) is 93.6 Å². The highest BCUT2D eigenvalue weighted by atomic mass is 16.3. The minimum atomic E-state index is -0.267. The summed E-state index contributed by atoms with van der Waals surface area (Å²) in [6, 6.07) is 2.03. The van der Waals surface area contributed by atoms with E-state index in [-0.39, 0.29) is 24.3 Å². The fraction of sp³-hybridized carbons (Fsp3) is 1.00. The van der Waals surface area contributed by atoms with E-state index in [0.29, 0.717) is 47.8 Å². The summed E-state index contributed by atoms with van der Waals surface area (Å²) in [7, 11) is 0. The average molecular weight is 948 g/mol. The van der Waals surface area contributed by atoms with Crippen LogP contribution in [0.25, 0.3) is 0 Å². The molecule has 0 bridgehead atoms. The molecule has 0 aromatic heterocycles. The molecule has 0 heterocycles. The van der Waals surface area contributed by atoms with Crippen LogP contribution in [0.2, 0.25) is 0 Å². The second-order valence-corrected chi connectivity index (χ2v) is 20.8. The van der Waals surface area contributed by atoms with Gasteiger partial charge in [0.1, 0.15) is 0 Å². The molecule has 6 fully saturated rings. The monoisotopic (exact) mass is 947 g/mol. The number of rotatable bonds is 0. The minimum Gasteiger partial charge on any atom is -0.391 e. The maximum atomic E-state index is 9.44. The molecule has 0 aliphatic heterocycles. The summed E-state index contributed by atoms with van der Waals surface area (Å²) in [5.41, 5.74) is 34.5. The molecule has 14 N–H and O–H groups in total. The van der Waals surface area contributed by atoms with Gasteiger partial charge in [0, 0.05) is 36.3 Å². The Hall–Kier alpha value is -0.320. The molecule has 408 valence electrons. The molecule has 17 atom stereocenters. The zero-order chi connectivity index (χ0) is 53.1. The summed E-state index contributed by atoms with van der Waals surface area (Å²) in [6.07, 6.45) is 21.9. The molecule has 0 saturated heterocycles. The van der Waals surface area contributed by atoms with Crippen LogP contribution in [0.5, 0.6) is 0 Å². The van der Waals surface area contributed by atoms with Gasteiger partial charge >= 0.3 is 0 Å². The Morgan fingerprint density at radius 1 is 0.258 bits per heavy atom. The van der Waals surface area contributed by atoms with Gasteiger partial charge in [-0.15, -0.1) is 0 Å². The average Bonchev–Trinajstić information content (AvgIpc) is 3.26. The predicted molar refractivity (Wildman–Crippen MR) is 303 cm³/mol. The van der Waals surface area contributed by atoms with Crippen LogP contribution in [-0.4, -0.2) is 58.7 Å². The molecule has 6 aliphatic rings. The SMILES string of the molecule is CC.CC.CC.CC.CC.CC.C[C@@H]1CC(N)C[C@@H](C)C1.C[C@@H]1CC(N)C[C@H](C)C1.C[C@@H]1CCC[C@H](N)C1.C[C@@H]1C[C@@H](N)[C@H](O)[C@@H](C)C1.C[C@H]1CCC[C@H](N)C1.C[C@H]1C[C@@H](N)[C@H](O)[C@@H](C)C1. The molecule has 66 heavy (non-hydrogen) atoms. The molecule has 0 aromatic carbocycles. The molecule has 6 aliphatic carbocycles. The molecule has 6 rings (SSSR count). The molecule has 0 spiro atoms. The Morgan fingerprint density at radius 3 is 0.636 bits per heavy atom. The third-order valence-electron chi connectivity index (χ3n) is 13.3. The third-order valence-corrected chi connectivity index (χ3v) is 13.3. The summed E-state index contributed by atoms with van der Waals surface area (Å²) in [6.45, 7) is 46.3. The summed E-state index contributed by atoms with van der Waals surface area (Å²) >= 11 is 0. The van der Waals surface area contributed by atoms with Crippen LogP contribution in [-0.2, 0) is 0 Å². The van der Waals surface area contributed by atoms with Gasteiger partial charge in [-0.1, -0.05) is 178 Å². The van der Waals surface area contributed by atoms with E-state index in [1.807, 2.05) is 83.1 Å². The van der Waals surface area contributed by atoms with E-state index in [1.165, 1.54) is 89.9 Å². The Balaban J connectivity index is -0.000000156. The first kappa shape index (κ1) is 77.1. The van der Waals surface area contributed by atoms with E-state index in [9.17, 15) is 10.2 Å². The van der Waals surface area contributed by atoms with Crippen molar-refractivity contribution in [2.75, 3.05) is 0 Å². The first-order valence-corrected chi connectivity index (χ1v) is 29.1. The number of hydrogen-bond acceptors (Lipinski definition) is 8. The predicted octanol–water partition coefficient (Wildman–Crippen LogP) is 14.2. The number of aliphatic hydroxyl groups excluding tert-OH is 2. The summed E-state index contributed by atoms with van der Waals surface area (Å²) in [5.74, 6) is 7.39.